The van der Waals surface area contributed by atoms with Gasteiger partial charge in [0.25, 0.3) is 0 Å². The molecule has 1 aliphatic rings. The average Bonchev–Trinajstić information content (AvgIpc) is 2.37. The van der Waals surface area contributed by atoms with Crippen molar-refractivity contribution in [3.63, 3.8) is 0 Å². The van der Waals surface area contributed by atoms with Crippen molar-refractivity contribution in [2.75, 3.05) is 19.6 Å². The summed E-state index contributed by atoms with van der Waals surface area (Å²) in [5, 5.41) is 13.0. The zero-order chi connectivity index (χ0) is 17.6. The second-order valence-corrected chi connectivity index (χ2v) is 7.79. The van der Waals surface area contributed by atoms with Crippen LogP contribution >= 0.6 is 8.25 Å². The largest absolute Gasteiger partial charge is 0.784 e. The highest BCUT2D eigenvalue weighted by molar-refractivity contribution is 7.32. The van der Waals surface area contributed by atoms with Gasteiger partial charge < -0.3 is 15.2 Å². The summed E-state index contributed by atoms with van der Waals surface area (Å²) in [6, 6.07) is 0. The molecule has 6 nitrogen and oxygen atoms in total. The van der Waals surface area contributed by atoms with Crippen LogP contribution in [0.3, 0.4) is 0 Å². The third kappa shape index (κ3) is 6.99. The third-order valence-electron chi connectivity index (χ3n) is 4.29. The number of hydrogen-bond donors (Lipinski definition) is 2. The van der Waals surface area contributed by atoms with E-state index in [0.717, 1.165) is 5.06 Å². The van der Waals surface area contributed by atoms with Gasteiger partial charge in [-0.1, -0.05) is 0 Å². The predicted molar refractivity (Wildman–Crippen MR) is 89.9 cm³/mol. The van der Waals surface area contributed by atoms with Crippen molar-refractivity contribution in [3.05, 3.63) is 5.21 Å². The molecule has 1 fully saturated rings. The number of piperidine rings is 1. The Labute approximate surface area is 136 Å². The summed E-state index contributed by atoms with van der Waals surface area (Å²) < 4.78 is 15.5. The van der Waals surface area contributed by atoms with E-state index in [1.807, 2.05) is 27.7 Å². The van der Waals surface area contributed by atoms with Crippen molar-refractivity contribution >= 4 is 8.25 Å². The van der Waals surface area contributed by atoms with Gasteiger partial charge in [0.1, 0.15) is 6.10 Å². The van der Waals surface area contributed by atoms with Crippen LogP contribution in [0.15, 0.2) is 0 Å². The molecule has 1 aliphatic heterocycles. The van der Waals surface area contributed by atoms with Crippen LogP contribution in [0.5, 0.6) is 0 Å². The fourth-order valence-corrected chi connectivity index (χ4v) is 3.53. The third-order valence-corrected chi connectivity index (χ3v) is 4.77. The molecule has 0 saturated carbocycles. The Morgan fingerprint density at radius 3 is 1.73 bits per heavy atom. The molecule has 0 radical (unpaired) electrons. The van der Waals surface area contributed by atoms with Gasteiger partial charge in [-0.2, -0.15) is 0 Å². The van der Waals surface area contributed by atoms with Crippen LogP contribution in [0.2, 0.25) is 0 Å². The molecule has 0 aromatic rings. The normalized spacial score (nSPS) is 22.2. The van der Waals surface area contributed by atoms with E-state index < -0.39 is 19.3 Å². The van der Waals surface area contributed by atoms with Crippen LogP contribution in [0.4, 0.5) is 0 Å². The van der Waals surface area contributed by atoms with E-state index in [-0.39, 0.29) is 6.10 Å². The van der Waals surface area contributed by atoms with Crippen LogP contribution in [0.25, 0.3) is 0 Å². The molecule has 1 unspecified atom stereocenters. The maximum absolute atomic E-state index is 11.9. The summed E-state index contributed by atoms with van der Waals surface area (Å²) in [5.41, 5.74) is -1.12. The first-order valence-electron chi connectivity index (χ1n) is 8.14. The SMILES string of the molecule is CC1(C)CC(O[P+](=O)O)CC(C)(C)N1[O-].CC[NH+](CC)CC. The smallest absolute Gasteiger partial charge is 0.694 e. The van der Waals surface area contributed by atoms with Gasteiger partial charge in [0.15, 0.2) is 0 Å². The molecule has 22 heavy (non-hydrogen) atoms. The highest BCUT2D eigenvalue weighted by Gasteiger charge is 2.43. The molecule has 132 valence electrons. The Bertz CT molecular complexity index is 323. The van der Waals surface area contributed by atoms with E-state index in [1.165, 1.54) is 19.6 Å². The molecule has 1 rings (SSSR count). The quantitative estimate of drug-likeness (QED) is 0.751. The van der Waals surface area contributed by atoms with Gasteiger partial charge in [-0.05, 0) is 61.3 Å². The number of hydrogen-bond acceptors (Lipinski definition) is 4. The summed E-state index contributed by atoms with van der Waals surface area (Å²) in [4.78, 5) is 10.4. The molecule has 1 atom stereocenters. The fraction of sp³-hybridized carbons (Fsp3) is 1.00. The fourth-order valence-electron chi connectivity index (χ4n) is 3.12. The predicted octanol–water partition coefficient (Wildman–Crippen LogP) is 2.10. The van der Waals surface area contributed by atoms with Gasteiger partial charge in [0.05, 0.1) is 19.6 Å². The number of rotatable bonds is 5. The van der Waals surface area contributed by atoms with Crippen LogP contribution in [0.1, 0.15) is 61.3 Å². The first-order chi connectivity index (χ1) is 10.00. The van der Waals surface area contributed by atoms with Crippen LogP contribution in [-0.2, 0) is 9.09 Å². The lowest BCUT2D eigenvalue weighted by Crippen LogP contribution is -3.11. The number of hydroxylamine groups is 2. The standard InChI is InChI=1S/C9H18NO4P.C6H15N/c1-8(2)5-7(14-15(12)13)6-9(3,4)10(8)11;1-4-7(5-2)6-3/h7H,5-6H2,1-4H3,(H,12,13);4-6H2,1-3H3/p+1. The van der Waals surface area contributed by atoms with Crippen molar-refractivity contribution in [3.8, 4) is 0 Å². The topological polar surface area (TPSA) is 77.3 Å². The van der Waals surface area contributed by atoms with E-state index in [0.29, 0.717) is 12.8 Å². The first-order valence-corrected chi connectivity index (χ1v) is 9.27. The van der Waals surface area contributed by atoms with Crippen LogP contribution in [-0.4, -0.2) is 46.8 Å². The second kappa shape index (κ2) is 9.26. The van der Waals surface area contributed by atoms with E-state index >= 15 is 0 Å². The van der Waals surface area contributed by atoms with Crippen molar-refractivity contribution in [1.29, 1.82) is 0 Å². The average molecular weight is 337 g/mol. The minimum absolute atomic E-state index is 0.325. The Morgan fingerprint density at radius 2 is 1.50 bits per heavy atom. The molecule has 0 aromatic carbocycles. The monoisotopic (exact) mass is 337 g/mol. The highest BCUT2D eigenvalue weighted by Crippen LogP contribution is 2.40. The van der Waals surface area contributed by atoms with Gasteiger partial charge >= 0.3 is 8.25 Å². The van der Waals surface area contributed by atoms with E-state index in [4.69, 9.17) is 9.42 Å². The van der Waals surface area contributed by atoms with Gasteiger partial charge in [0, 0.05) is 15.6 Å². The van der Waals surface area contributed by atoms with E-state index in [1.54, 1.807) is 4.90 Å². The van der Waals surface area contributed by atoms with Crippen molar-refractivity contribution in [2.24, 2.45) is 0 Å². The van der Waals surface area contributed by atoms with Gasteiger partial charge in [-0.15, -0.1) is 9.42 Å². The Morgan fingerprint density at radius 1 is 1.14 bits per heavy atom. The molecular weight excluding hydrogens is 303 g/mol. The Hall–Kier alpha value is -0.100. The maximum atomic E-state index is 11.9. The van der Waals surface area contributed by atoms with Crippen LogP contribution in [0, 0.1) is 5.21 Å². The highest BCUT2D eigenvalue weighted by atomic mass is 31.1. The van der Waals surface area contributed by atoms with Gasteiger partial charge in [-0.3, -0.25) is 0 Å². The summed E-state index contributed by atoms with van der Waals surface area (Å²) in [5.74, 6) is 0. The molecule has 0 aliphatic carbocycles. The number of nitrogens with zero attached hydrogens (tertiary/aromatic N) is 1. The van der Waals surface area contributed by atoms with E-state index in [9.17, 15) is 9.77 Å². The molecule has 7 heteroatoms. The zero-order valence-corrected chi connectivity index (χ0v) is 16.1. The lowest BCUT2D eigenvalue weighted by atomic mass is 9.80. The van der Waals surface area contributed by atoms with Crippen molar-refractivity contribution < 1.29 is 18.9 Å². The molecule has 1 saturated heterocycles. The molecule has 0 bridgehead atoms. The first kappa shape index (κ1) is 21.9. The molecule has 0 spiro atoms. The lowest BCUT2D eigenvalue weighted by Gasteiger charge is -2.58. The van der Waals surface area contributed by atoms with Crippen molar-refractivity contribution in [2.45, 2.75) is 78.5 Å². The molecule has 1 heterocycles. The maximum Gasteiger partial charge on any atom is 0.694 e. The van der Waals surface area contributed by atoms with Crippen LogP contribution < -0.4 is 4.90 Å². The minimum Gasteiger partial charge on any atom is -0.784 e. The Balaban J connectivity index is 0.000000534. The molecule has 2 N–H and O–H groups in total. The number of nitrogens with one attached hydrogen (secondary N) is 1. The Kier molecular flexibility index (Phi) is 9.22. The number of quaternary nitrogens is 1. The van der Waals surface area contributed by atoms with Crippen molar-refractivity contribution in [1.82, 2.24) is 5.06 Å². The molecule has 0 amide bonds. The minimum atomic E-state index is -2.59. The second-order valence-electron chi connectivity index (χ2n) is 7.10. The lowest BCUT2D eigenvalue weighted by molar-refractivity contribution is -0.894. The van der Waals surface area contributed by atoms with E-state index in [2.05, 4.69) is 20.8 Å². The zero-order valence-electron chi connectivity index (χ0n) is 15.2. The summed E-state index contributed by atoms with van der Waals surface area (Å²) >= 11 is 0. The molecular formula is C15H34N2O4P+. The summed E-state index contributed by atoms with van der Waals surface area (Å²) in [6.45, 7) is 17.8. The van der Waals surface area contributed by atoms with Gasteiger partial charge in [-0.25, -0.2) is 0 Å². The van der Waals surface area contributed by atoms with Gasteiger partial charge in [0.2, 0.25) is 0 Å². The summed E-state index contributed by atoms with van der Waals surface area (Å²) in [7, 11) is -2.59. The molecule has 0 aromatic heterocycles. The summed E-state index contributed by atoms with van der Waals surface area (Å²) in [6.07, 6.45) is 0.622.